The van der Waals surface area contributed by atoms with Crippen LogP contribution in [0.25, 0.3) is 16.4 Å². The second-order valence-electron chi connectivity index (χ2n) is 3.49. The van der Waals surface area contributed by atoms with E-state index in [1.54, 1.807) is 36.5 Å². The number of aromatic nitrogens is 2. The third-order valence-corrected chi connectivity index (χ3v) is 2.53. The molecule has 0 saturated heterocycles. The predicted molar refractivity (Wildman–Crippen MR) is 59.0 cm³/mol. The molecule has 4 heteroatoms. The maximum Gasteiger partial charge on any atom is 0.269 e. The highest BCUT2D eigenvalue weighted by Gasteiger charge is 2.08. The van der Waals surface area contributed by atoms with Crippen molar-refractivity contribution in [1.29, 1.82) is 0 Å². The van der Waals surface area contributed by atoms with Gasteiger partial charge in [-0.2, -0.15) is 4.73 Å². The fraction of sp³-hybridized carbons (Fsp3) is 0. The summed E-state index contributed by atoms with van der Waals surface area (Å²) < 4.78 is 2.13. The van der Waals surface area contributed by atoms with Gasteiger partial charge < -0.3 is 5.21 Å². The largest absolute Gasteiger partial charge is 0.618 e. The van der Waals surface area contributed by atoms with Crippen molar-refractivity contribution in [3.8, 4) is 0 Å². The lowest BCUT2D eigenvalue weighted by molar-refractivity contribution is -0.575. The maximum absolute atomic E-state index is 12.1. The quantitative estimate of drug-likeness (QED) is 0.409. The van der Waals surface area contributed by atoms with Crippen LogP contribution in [0.15, 0.2) is 47.5 Å². The van der Waals surface area contributed by atoms with E-state index in [9.17, 15) is 10.0 Å². The Morgan fingerprint density at radius 3 is 3.06 bits per heavy atom. The zero-order valence-electron chi connectivity index (χ0n) is 8.25. The Labute approximate surface area is 90.6 Å². The number of fused-ring (bicyclic) bond motifs is 2. The second kappa shape index (κ2) is 3.06. The van der Waals surface area contributed by atoms with Crippen LogP contribution in [-0.2, 0) is 0 Å². The lowest BCUT2D eigenvalue weighted by Crippen LogP contribution is -2.24. The van der Waals surface area contributed by atoms with Gasteiger partial charge in [0.15, 0.2) is 0 Å². The van der Waals surface area contributed by atoms with E-state index in [2.05, 4.69) is 6.07 Å². The highest BCUT2D eigenvalue weighted by Crippen LogP contribution is 2.04. The molecule has 0 fully saturated rings. The molecule has 1 radical (unpaired) electrons. The summed E-state index contributed by atoms with van der Waals surface area (Å²) in [6.07, 6.45) is 3.02. The van der Waals surface area contributed by atoms with Crippen LogP contribution in [0.3, 0.4) is 0 Å². The molecule has 0 aliphatic carbocycles. The lowest BCUT2D eigenvalue weighted by atomic mass is 10.2. The molecule has 77 valence electrons. The first-order valence-electron chi connectivity index (χ1n) is 4.81. The van der Waals surface area contributed by atoms with Gasteiger partial charge in [0.05, 0.1) is 0 Å². The van der Waals surface area contributed by atoms with Gasteiger partial charge in [0.25, 0.3) is 5.56 Å². The summed E-state index contributed by atoms with van der Waals surface area (Å²) in [4.78, 5) is 12.1. The first-order chi connectivity index (χ1) is 7.77. The Kier molecular flexibility index (Phi) is 1.71. The summed E-state index contributed by atoms with van der Waals surface area (Å²) in [5, 5.41) is 12.1. The van der Waals surface area contributed by atoms with Gasteiger partial charge in [-0.15, -0.1) is 0 Å². The van der Waals surface area contributed by atoms with Gasteiger partial charge in [0, 0.05) is 18.3 Å². The molecule has 0 spiro atoms. The predicted octanol–water partition coefficient (Wildman–Crippen LogP) is 0.886. The molecular formula is C12H7N2O2. The summed E-state index contributed by atoms with van der Waals surface area (Å²) in [6.45, 7) is 0. The normalized spacial score (nSPS) is 11.0. The molecule has 2 heterocycles. The van der Waals surface area contributed by atoms with Crippen LogP contribution in [0.4, 0.5) is 0 Å². The van der Waals surface area contributed by atoms with Crippen LogP contribution in [0, 0.1) is 11.3 Å². The molecule has 3 rings (SSSR count). The Morgan fingerprint density at radius 2 is 2.19 bits per heavy atom. The molecule has 16 heavy (non-hydrogen) atoms. The van der Waals surface area contributed by atoms with Crippen LogP contribution in [-0.4, -0.2) is 4.40 Å². The van der Waals surface area contributed by atoms with Crippen molar-refractivity contribution in [3.05, 3.63) is 64.4 Å². The van der Waals surface area contributed by atoms with Crippen molar-refractivity contribution in [1.82, 2.24) is 4.40 Å². The average Bonchev–Trinajstić information content (AvgIpc) is 2.72. The molecule has 0 amide bonds. The van der Waals surface area contributed by atoms with E-state index in [0.717, 1.165) is 0 Å². The SMILES string of the molecule is O=c1c2[c]cccc2[n+]([O-])cc2cccn12. The van der Waals surface area contributed by atoms with Gasteiger partial charge in [-0.3, -0.25) is 9.20 Å². The van der Waals surface area contributed by atoms with Crippen molar-refractivity contribution < 1.29 is 4.73 Å². The van der Waals surface area contributed by atoms with Gasteiger partial charge in [-0.1, -0.05) is 12.1 Å². The lowest BCUT2D eigenvalue weighted by Gasteiger charge is -1.93. The van der Waals surface area contributed by atoms with Crippen molar-refractivity contribution in [2.24, 2.45) is 0 Å². The minimum Gasteiger partial charge on any atom is -0.618 e. The molecule has 0 saturated carbocycles. The summed E-state index contributed by atoms with van der Waals surface area (Å²) in [6, 6.07) is 11.2. The summed E-state index contributed by atoms with van der Waals surface area (Å²) in [7, 11) is 0. The van der Waals surface area contributed by atoms with Crippen LogP contribution in [0.1, 0.15) is 0 Å². The summed E-state index contributed by atoms with van der Waals surface area (Å²) in [5.74, 6) is 0. The van der Waals surface area contributed by atoms with Gasteiger partial charge in [0.2, 0.25) is 11.7 Å². The fourth-order valence-electron chi connectivity index (χ4n) is 1.78. The van der Waals surface area contributed by atoms with E-state index in [0.29, 0.717) is 21.2 Å². The zero-order valence-corrected chi connectivity index (χ0v) is 8.25. The zero-order chi connectivity index (χ0) is 11.1. The number of nitrogens with zero attached hydrogens (tertiary/aromatic N) is 2. The van der Waals surface area contributed by atoms with Crippen molar-refractivity contribution in [3.63, 3.8) is 0 Å². The van der Waals surface area contributed by atoms with E-state index in [4.69, 9.17) is 0 Å². The number of benzene rings is 1. The molecule has 3 aromatic rings. The Bertz CT molecular complexity index is 747. The van der Waals surface area contributed by atoms with E-state index >= 15 is 0 Å². The number of rotatable bonds is 0. The molecule has 0 unspecified atom stereocenters. The minimum absolute atomic E-state index is 0.231. The van der Waals surface area contributed by atoms with Gasteiger partial charge in [0.1, 0.15) is 10.9 Å². The maximum atomic E-state index is 12.1. The topological polar surface area (TPSA) is 48.4 Å². The minimum atomic E-state index is -0.231. The van der Waals surface area contributed by atoms with Gasteiger partial charge >= 0.3 is 0 Å². The fourth-order valence-corrected chi connectivity index (χ4v) is 1.78. The Balaban J connectivity index is 2.75. The molecular weight excluding hydrogens is 204 g/mol. The molecule has 0 bridgehead atoms. The second-order valence-corrected chi connectivity index (χ2v) is 3.49. The molecule has 0 aliphatic rings. The van der Waals surface area contributed by atoms with Gasteiger partial charge in [-0.05, 0) is 12.1 Å². The highest BCUT2D eigenvalue weighted by atomic mass is 16.5. The first kappa shape index (κ1) is 8.91. The third kappa shape index (κ3) is 1.10. The number of hydrogen-bond donors (Lipinski definition) is 0. The van der Waals surface area contributed by atoms with Gasteiger partial charge in [-0.25, -0.2) is 0 Å². The van der Waals surface area contributed by atoms with Crippen molar-refractivity contribution in [2.75, 3.05) is 0 Å². The monoisotopic (exact) mass is 211 g/mol. The summed E-state index contributed by atoms with van der Waals surface area (Å²) in [5.41, 5.74) is 0.672. The van der Waals surface area contributed by atoms with Crippen LogP contribution in [0.5, 0.6) is 0 Å². The van der Waals surface area contributed by atoms with E-state index in [-0.39, 0.29) is 5.56 Å². The van der Waals surface area contributed by atoms with Crippen LogP contribution < -0.4 is 10.3 Å². The van der Waals surface area contributed by atoms with E-state index < -0.39 is 0 Å². The number of hydrogen-bond acceptors (Lipinski definition) is 2. The molecule has 2 aromatic heterocycles. The van der Waals surface area contributed by atoms with Crippen molar-refractivity contribution >= 4 is 16.4 Å². The molecule has 0 aliphatic heterocycles. The molecule has 0 atom stereocenters. The van der Waals surface area contributed by atoms with Crippen LogP contribution in [0.2, 0.25) is 0 Å². The molecule has 0 N–H and O–H groups in total. The summed E-state index contributed by atoms with van der Waals surface area (Å²) >= 11 is 0. The molecule has 1 aromatic carbocycles. The highest BCUT2D eigenvalue weighted by molar-refractivity contribution is 5.74. The third-order valence-electron chi connectivity index (χ3n) is 2.53. The molecule has 4 nitrogen and oxygen atoms in total. The van der Waals surface area contributed by atoms with E-state index in [1.165, 1.54) is 10.6 Å². The van der Waals surface area contributed by atoms with Crippen LogP contribution >= 0.6 is 0 Å². The van der Waals surface area contributed by atoms with E-state index in [1.807, 2.05) is 0 Å². The smallest absolute Gasteiger partial charge is 0.269 e. The Morgan fingerprint density at radius 1 is 1.31 bits per heavy atom. The first-order valence-corrected chi connectivity index (χ1v) is 4.81. The Hall–Kier alpha value is -2.36. The standard InChI is InChI=1S/C12H7N2O2/c15-12-10-5-1-2-6-11(10)14(16)8-9-4-3-7-13(9)12/h1-4,6-8H. The average molecular weight is 211 g/mol. The van der Waals surface area contributed by atoms with Crippen molar-refractivity contribution in [2.45, 2.75) is 0 Å².